The third-order valence-electron chi connectivity index (χ3n) is 2.81. The van der Waals surface area contributed by atoms with Crippen molar-refractivity contribution in [1.29, 1.82) is 0 Å². The van der Waals surface area contributed by atoms with E-state index >= 15 is 0 Å². The van der Waals surface area contributed by atoms with Gasteiger partial charge in [-0.2, -0.15) is 0 Å². The highest BCUT2D eigenvalue weighted by Crippen LogP contribution is 2.11. The van der Waals surface area contributed by atoms with Crippen molar-refractivity contribution in [3.05, 3.63) is 83.2 Å². The fourth-order valence-electron chi connectivity index (χ4n) is 1.94. The van der Waals surface area contributed by atoms with Gasteiger partial charge in [-0.1, -0.05) is 60.7 Å². The number of nitrogens with zero attached hydrogens (tertiary/aromatic N) is 1. The summed E-state index contributed by atoms with van der Waals surface area (Å²) in [4.78, 5) is 3.73. The highest BCUT2D eigenvalue weighted by atomic mass is 14.7. The zero-order valence-corrected chi connectivity index (χ0v) is 9.71. The zero-order chi connectivity index (χ0) is 11.9. The molecule has 0 N–H and O–H groups in total. The molecule has 0 saturated heterocycles. The van der Waals surface area contributed by atoms with E-state index in [0.29, 0.717) is 0 Å². The van der Waals surface area contributed by atoms with E-state index in [1.165, 1.54) is 11.1 Å². The molecule has 2 aromatic rings. The van der Waals surface area contributed by atoms with Gasteiger partial charge in [-0.25, -0.2) is 6.57 Å². The normalized spacial score (nSPS) is 10.1. The average molecular weight is 221 g/mol. The molecule has 0 aliphatic rings. The van der Waals surface area contributed by atoms with Crippen LogP contribution in [0.2, 0.25) is 0 Å². The maximum absolute atomic E-state index is 7.28. The van der Waals surface area contributed by atoms with Crippen LogP contribution in [0.3, 0.4) is 0 Å². The fourth-order valence-corrected chi connectivity index (χ4v) is 1.94. The average Bonchev–Trinajstić information content (AvgIpc) is 2.40. The van der Waals surface area contributed by atoms with Gasteiger partial charge in [0, 0.05) is 12.8 Å². The van der Waals surface area contributed by atoms with Crippen LogP contribution < -0.4 is 0 Å². The largest absolute Gasteiger partial charge is 0.313 e. The molecule has 2 rings (SSSR count). The Balaban J connectivity index is 2.01. The summed E-state index contributed by atoms with van der Waals surface area (Å²) >= 11 is 0. The summed E-state index contributed by atoms with van der Waals surface area (Å²) < 4.78 is 0. The van der Waals surface area contributed by atoms with E-state index in [-0.39, 0.29) is 6.04 Å². The maximum atomic E-state index is 7.28. The molecule has 84 valence electrons. The number of benzene rings is 2. The molecular weight excluding hydrogens is 206 g/mol. The molecular formula is C16H15N. The van der Waals surface area contributed by atoms with E-state index in [9.17, 15) is 0 Å². The van der Waals surface area contributed by atoms with E-state index < -0.39 is 0 Å². The topological polar surface area (TPSA) is 4.36 Å². The molecule has 0 saturated carbocycles. The van der Waals surface area contributed by atoms with Crippen molar-refractivity contribution >= 4 is 0 Å². The number of hydrogen-bond acceptors (Lipinski definition) is 0. The van der Waals surface area contributed by atoms with Crippen molar-refractivity contribution < 1.29 is 0 Å². The molecule has 1 nitrogen and oxygen atoms in total. The molecule has 1 heteroatoms. The first-order chi connectivity index (χ1) is 8.38. The third kappa shape index (κ3) is 3.46. The van der Waals surface area contributed by atoms with Crippen molar-refractivity contribution in [2.75, 3.05) is 0 Å². The Hall–Kier alpha value is -2.07. The second-order valence-corrected chi connectivity index (χ2v) is 4.16. The highest BCUT2D eigenvalue weighted by Gasteiger charge is 2.13. The summed E-state index contributed by atoms with van der Waals surface area (Å²) in [5.41, 5.74) is 2.48. The summed E-state index contributed by atoms with van der Waals surface area (Å²) in [7, 11) is 0. The van der Waals surface area contributed by atoms with Gasteiger partial charge in [0.1, 0.15) is 0 Å². The molecule has 17 heavy (non-hydrogen) atoms. The van der Waals surface area contributed by atoms with Crippen LogP contribution in [0.25, 0.3) is 4.85 Å². The Bertz CT molecular complexity index is 440. The van der Waals surface area contributed by atoms with E-state index in [4.69, 9.17) is 6.57 Å². The lowest BCUT2D eigenvalue weighted by atomic mass is 10.00. The highest BCUT2D eigenvalue weighted by molar-refractivity contribution is 5.20. The Labute approximate surface area is 103 Å². The van der Waals surface area contributed by atoms with Crippen molar-refractivity contribution in [2.45, 2.75) is 18.9 Å². The van der Waals surface area contributed by atoms with E-state index in [1.807, 2.05) is 36.4 Å². The van der Waals surface area contributed by atoms with Gasteiger partial charge < -0.3 is 4.85 Å². The van der Waals surface area contributed by atoms with E-state index in [0.717, 1.165) is 12.8 Å². The van der Waals surface area contributed by atoms with Crippen molar-refractivity contribution in [3.63, 3.8) is 0 Å². The molecule has 0 aromatic heterocycles. The van der Waals surface area contributed by atoms with Gasteiger partial charge in [-0.3, -0.25) is 0 Å². The lowest BCUT2D eigenvalue weighted by Crippen LogP contribution is -2.10. The predicted octanol–water partition coefficient (Wildman–Crippen LogP) is 3.76. The van der Waals surface area contributed by atoms with Gasteiger partial charge in [0.25, 0.3) is 0 Å². The molecule has 0 bridgehead atoms. The molecule has 2 aromatic carbocycles. The first-order valence-corrected chi connectivity index (χ1v) is 5.83. The zero-order valence-electron chi connectivity index (χ0n) is 9.71. The summed E-state index contributed by atoms with van der Waals surface area (Å²) in [6.45, 7) is 7.28. The summed E-state index contributed by atoms with van der Waals surface area (Å²) in [6.07, 6.45) is 1.67. The van der Waals surface area contributed by atoms with Crippen LogP contribution in [0.5, 0.6) is 0 Å². The standard InChI is InChI=1S/C16H15N/c1-17-16(12-14-8-4-2-5-9-14)13-15-10-6-3-7-11-15/h2-11,16H,12-13H2. The number of rotatable bonds is 4. The van der Waals surface area contributed by atoms with Crippen LogP contribution in [0.15, 0.2) is 60.7 Å². The molecule has 0 radical (unpaired) electrons. The second-order valence-electron chi connectivity index (χ2n) is 4.16. The van der Waals surface area contributed by atoms with Gasteiger partial charge in [-0.05, 0) is 11.1 Å². The van der Waals surface area contributed by atoms with Gasteiger partial charge >= 0.3 is 0 Å². The molecule has 0 unspecified atom stereocenters. The third-order valence-corrected chi connectivity index (χ3v) is 2.81. The smallest absolute Gasteiger partial charge is 0.231 e. The molecule has 0 amide bonds. The fraction of sp³-hybridized carbons (Fsp3) is 0.188. The minimum Gasteiger partial charge on any atom is -0.313 e. The monoisotopic (exact) mass is 221 g/mol. The minimum absolute atomic E-state index is 0.0415. The van der Waals surface area contributed by atoms with Gasteiger partial charge in [-0.15, -0.1) is 0 Å². The Morgan fingerprint density at radius 3 is 1.53 bits per heavy atom. The van der Waals surface area contributed by atoms with Crippen LogP contribution in [-0.4, -0.2) is 6.04 Å². The van der Waals surface area contributed by atoms with E-state index in [1.54, 1.807) is 0 Å². The van der Waals surface area contributed by atoms with Crippen molar-refractivity contribution in [3.8, 4) is 0 Å². The van der Waals surface area contributed by atoms with Crippen LogP contribution in [-0.2, 0) is 12.8 Å². The maximum Gasteiger partial charge on any atom is 0.231 e. The van der Waals surface area contributed by atoms with Crippen molar-refractivity contribution in [1.82, 2.24) is 0 Å². The number of hydrogen-bond donors (Lipinski definition) is 0. The molecule has 0 fully saturated rings. The van der Waals surface area contributed by atoms with Crippen LogP contribution >= 0.6 is 0 Å². The Kier molecular flexibility index (Phi) is 3.94. The first kappa shape index (κ1) is 11.4. The summed E-state index contributed by atoms with van der Waals surface area (Å²) in [5, 5.41) is 0. The molecule has 0 aliphatic carbocycles. The summed E-state index contributed by atoms with van der Waals surface area (Å²) in [6, 6.07) is 20.5. The second kappa shape index (κ2) is 5.86. The Morgan fingerprint density at radius 2 is 1.18 bits per heavy atom. The van der Waals surface area contributed by atoms with Crippen molar-refractivity contribution in [2.24, 2.45) is 0 Å². The molecule has 0 aliphatic heterocycles. The van der Waals surface area contributed by atoms with E-state index in [2.05, 4.69) is 29.1 Å². The molecule has 0 spiro atoms. The molecule has 0 atom stereocenters. The van der Waals surface area contributed by atoms with Crippen LogP contribution in [0, 0.1) is 6.57 Å². The predicted molar refractivity (Wildman–Crippen MR) is 70.7 cm³/mol. The summed E-state index contributed by atoms with van der Waals surface area (Å²) in [5.74, 6) is 0. The van der Waals surface area contributed by atoms with Gasteiger partial charge in [0.15, 0.2) is 0 Å². The first-order valence-electron chi connectivity index (χ1n) is 5.83. The van der Waals surface area contributed by atoms with Crippen LogP contribution in [0.4, 0.5) is 0 Å². The van der Waals surface area contributed by atoms with Crippen LogP contribution in [0.1, 0.15) is 11.1 Å². The lowest BCUT2D eigenvalue weighted by molar-refractivity contribution is 0.756. The van der Waals surface area contributed by atoms with Gasteiger partial charge in [0.05, 0.1) is 0 Å². The quantitative estimate of drug-likeness (QED) is 0.692. The Morgan fingerprint density at radius 1 is 0.765 bits per heavy atom. The van der Waals surface area contributed by atoms with Gasteiger partial charge in [0.2, 0.25) is 6.04 Å². The molecule has 0 heterocycles. The SMILES string of the molecule is [C-]#[N+]C(Cc1ccccc1)Cc1ccccc1. The minimum atomic E-state index is 0.0415. The lowest BCUT2D eigenvalue weighted by Gasteiger charge is -2.05.